The minimum atomic E-state index is -0.757. The molecule has 1 fully saturated rings. The summed E-state index contributed by atoms with van der Waals surface area (Å²) in [6.45, 7) is 11.7. The molecule has 114 valence electrons. The van der Waals surface area contributed by atoms with E-state index in [4.69, 9.17) is 0 Å². The van der Waals surface area contributed by atoms with E-state index >= 15 is 0 Å². The summed E-state index contributed by atoms with van der Waals surface area (Å²) in [6, 6.07) is 0.258. The Bertz CT molecular complexity index is 448. The van der Waals surface area contributed by atoms with E-state index in [1.807, 2.05) is 4.68 Å². The van der Waals surface area contributed by atoms with Crippen molar-refractivity contribution >= 4 is 15.9 Å². The largest absolute Gasteiger partial charge is 0.383 e. The maximum atomic E-state index is 11.1. The Morgan fingerprint density at radius 2 is 1.90 bits per heavy atom. The van der Waals surface area contributed by atoms with Crippen LogP contribution in [0.3, 0.4) is 0 Å². The highest BCUT2D eigenvalue weighted by Gasteiger charge is 2.38. The molecule has 1 aliphatic heterocycles. The number of hydrogen-bond donors (Lipinski definition) is 1. The molecule has 0 bridgehead atoms. The van der Waals surface area contributed by atoms with E-state index in [0.29, 0.717) is 5.92 Å². The first-order valence-corrected chi connectivity index (χ1v) is 8.31. The zero-order valence-electron chi connectivity index (χ0n) is 12.9. The maximum Gasteiger partial charge on any atom is 0.110 e. The Labute approximate surface area is 130 Å². The van der Waals surface area contributed by atoms with Crippen molar-refractivity contribution in [1.29, 1.82) is 0 Å². The van der Waals surface area contributed by atoms with Crippen molar-refractivity contribution in [1.82, 2.24) is 14.7 Å². The van der Waals surface area contributed by atoms with Crippen molar-refractivity contribution in [2.24, 2.45) is 5.92 Å². The molecule has 1 N–H and O–H groups in total. The van der Waals surface area contributed by atoms with E-state index in [2.05, 4.69) is 53.6 Å². The molecule has 0 aromatic carbocycles. The van der Waals surface area contributed by atoms with Crippen molar-refractivity contribution in [2.45, 2.75) is 52.2 Å². The summed E-state index contributed by atoms with van der Waals surface area (Å²) in [5.41, 5.74) is 0.185. The highest BCUT2D eigenvalue weighted by Crippen LogP contribution is 2.38. The standard InChI is InChI=1S/C15H26BrN3O/c1-11(2)10-18-7-5-15(20,6-8-18)14-13(16)9-17-19(14)12(3)4/h9,11-12,20H,5-8,10H2,1-4H3. The monoisotopic (exact) mass is 343 g/mol. The Kier molecular flexibility index (Phi) is 4.92. The number of aliphatic hydroxyl groups is 1. The van der Waals surface area contributed by atoms with Gasteiger partial charge in [0, 0.05) is 25.7 Å². The minimum absolute atomic E-state index is 0.258. The Balaban J connectivity index is 2.16. The molecule has 0 amide bonds. The molecule has 1 aliphatic rings. The molecule has 0 aliphatic carbocycles. The number of aromatic nitrogens is 2. The number of piperidine rings is 1. The first kappa shape index (κ1) is 16.0. The van der Waals surface area contributed by atoms with Gasteiger partial charge in [-0.15, -0.1) is 0 Å². The normalized spacial score (nSPS) is 20.0. The van der Waals surface area contributed by atoms with Crippen LogP contribution in [0, 0.1) is 5.92 Å². The van der Waals surface area contributed by atoms with Crippen LogP contribution in [0.15, 0.2) is 10.7 Å². The Hall–Kier alpha value is -0.390. The van der Waals surface area contributed by atoms with E-state index < -0.39 is 5.60 Å². The molecule has 0 spiro atoms. The lowest BCUT2D eigenvalue weighted by Crippen LogP contribution is -2.45. The van der Waals surface area contributed by atoms with Crippen LogP contribution in [-0.4, -0.2) is 39.4 Å². The molecule has 0 unspecified atom stereocenters. The van der Waals surface area contributed by atoms with Gasteiger partial charge in [0.25, 0.3) is 0 Å². The van der Waals surface area contributed by atoms with Gasteiger partial charge in [-0.05, 0) is 48.5 Å². The molecule has 0 radical (unpaired) electrons. The highest BCUT2D eigenvalue weighted by atomic mass is 79.9. The molecular formula is C15H26BrN3O. The van der Waals surface area contributed by atoms with Gasteiger partial charge in [-0.2, -0.15) is 5.10 Å². The fourth-order valence-electron chi connectivity index (χ4n) is 3.03. The zero-order valence-corrected chi connectivity index (χ0v) is 14.5. The summed E-state index contributed by atoms with van der Waals surface area (Å²) in [7, 11) is 0. The summed E-state index contributed by atoms with van der Waals surface area (Å²) in [4.78, 5) is 2.45. The van der Waals surface area contributed by atoms with Crippen LogP contribution in [0.25, 0.3) is 0 Å². The number of rotatable bonds is 4. The predicted molar refractivity (Wildman–Crippen MR) is 84.7 cm³/mol. The van der Waals surface area contributed by atoms with Gasteiger partial charge < -0.3 is 10.0 Å². The van der Waals surface area contributed by atoms with Crippen LogP contribution in [0.2, 0.25) is 0 Å². The Morgan fingerprint density at radius 3 is 2.40 bits per heavy atom. The third kappa shape index (κ3) is 3.26. The molecular weight excluding hydrogens is 318 g/mol. The molecule has 2 rings (SSSR count). The minimum Gasteiger partial charge on any atom is -0.383 e. The molecule has 2 heterocycles. The van der Waals surface area contributed by atoms with Crippen LogP contribution >= 0.6 is 15.9 Å². The summed E-state index contributed by atoms with van der Waals surface area (Å²) < 4.78 is 2.87. The van der Waals surface area contributed by atoms with Crippen LogP contribution in [0.5, 0.6) is 0 Å². The lowest BCUT2D eigenvalue weighted by Gasteiger charge is -2.39. The molecule has 20 heavy (non-hydrogen) atoms. The van der Waals surface area contributed by atoms with Crippen LogP contribution in [0.4, 0.5) is 0 Å². The van der Waals surface area contributed by atoms with E-state index in [-0.39, 0.29) is 6.04 Å². The van der Waals surface area contributed by atoms with Gasteiger partial charge >= 0.3 is 0 Å². The first-order chi connectivity index (χ1) is 9.33. The van der Waals surface area contributed by atoms with Gasteiger partial charge in [-0.1, -0.05) is 13.8 Å². The van der Waals surface area contributed by atoms with Gasteiger partial charge in [-0.3, -0.25) is 4.68 Å². The average molecular weight is 344 g/mol. The number of likely N-dealkylation sites (tertiary alicyclic amines) is 1. The third-order valence-electron chi connectivity index (χ3n) is 3.99. The van der Waals surface area contributed by atoms with E-state index in [0.717, 1.165) is 42.6 Å². The van der Waals surface area contributed by atoms with Gasteiger partial charge in [0.2, 0.25) is 0 Å². The van der Waals surface area contributed by atoms with Crippen molar-refractivity contribution in [3.05, 3.63) is 16.4 Å². The zero-order chi connectivity index (χ0) is 14.9. The molecule has 1 aromatic rings. The second kappa shape index (κ2) is 6.16. The molecule has 4 nitrogen and oxygen atoms in total. The molecule has 0 saturated carbocycles. The Morgan fingerprint density at radius 1 is 1.30 bits per heavy atom. The second-order valence-corrected chi connectivity index (χ2v) is 7.46. The van der Waals surface area contributed by atoms with Crippen molar-refractivity contribution in [3.8, 4) is 0 Å². The number of halogens is 1. The van der Waals surface area contributed by atoms with E-state index in [9.17, 15) is 5.11 Å². The number of nitrogens with zero attached hydrogens (tertiary/aromatic N) is 3. The fraction of sp³-hybridized carbons (Fsp3) is 0.800. The molecule has 1 saturated heterocycles. The number of hydrogen-bond acceptors (Lipinski definition) is 3. The second-order valence-electron chi connectivity index (χ2n) is 6.61. The topological polar surface area (TPSA) is 41.3 Å². The summed E-state index contributed by atoms with van der Waals surface area (Å²) >= 11 is 3.55. The van der Waals surface area contributed by atoms with Gasteiger partial charge in [-0.25, -0.2) is 0 Å². The van der Waals surface area contributed by atoms with Gasteiger partial charge in [0.05, 0.1) is 16.4 Å². The third-order valence-corrected chi connectivity index (χ3v) is 4.57. The lowest BCUT2D eigenvalue weighted by molar-refractivity contribution is -0.0358. The predicted octanol–water partition coefficient (Wildman–Crippen LogP) is 3.17. The first-order valence-electron chi connectivity index (χ1n) is 7.51. The molecule has 1 aromatic heterocycles. The quantitative estimate of drug-likeness (QED) is 0.912. The van der Waals surface area contributed by atoms with Crippen molar-refractivity contribution < 1.29 is 5.11 Å². The van der Waals surface area contributed by atoms with Crippen LogP contribution in [-0.2, 0) is 5.60 Å². The average Bonchev–Trinajstić information content (AvgIpc) is 2.75. The van der Waals surface area contributed by atoms with Crippen LogP contribution < -0.4 is 0 Å². The van der Waals surface area contributed by atoms with Crippen LogP contribution in [0.1, 0.15) is 52.3 Å². The summed E-state index contributed by atoms with van der Waals surface area (Å²) in [5.74, 6) is 0.675. The van der Waals surface area contributed by atoms with E-state index in [1.54, 1.807) is 6.20 Å². The highest BCUT2D eigenvalue weighted by molar-refractivity contribution is 9.10. The molecule has 0 atom stereocenters. The fourth-order valence-corrected chi connectivity index (χ4v) is 3.67. The van der Waals surface area contributed by atoms with Crippen molar-refractivity contribution in [3.63, 3.8) is 0 Å². The van der Waals surface area contributed by atoms with Gasteiger partial charge in [0.1, 0.15) is 5.60 Å². The molecule has 5 heteroatoms. The maximum absolute atomic E-state index is 11.1. The summed E-state index contributed by atoms with van der Waals surface area (Å²) in [6.07, 6.45) is 3.35. The lowest BCUT2D eigenvalue weighted by atomic mass is 9.87. The summed E-state index contributed by atoms with van der Waals surface area (Å²) in [5, 5.41) is 15.5. The van der Waals surface area contributed by atoms with E-state index in [1.165, 1.54) is 0 Å². The van der Waals surface area contributed by atoms with Gasteiger partial charge in [0.15, 0.2) is 0 Å². The van der Waals surface area contributed by atoms with Crippen molar-refractivity contribution in [2.75, 3.05) is 19.6 Å². The SMILES string of the molecule is CC(C)CN1CCC(O)(c2c(Br)cnn2C(C)C)CC1. The smallest absolute Gasteiger partial charge is 0.110 e.